The van der Waals surface area contributed by atoms with Gasteiger partial charge in [-0.3, -0.25) is 14.4 Å². The van der Waals surface area contributed by atoms with Crippen molar-refractivity contribution in [2.75, 3.05) is 25.5 Å². The maximum Gasteiger partial charge on any atom is 0.257 e. The van der Waals surface area contributed by atoms with Crippen LogP contribution in [-0.2, 0) is 14.3 Å². The molecule has 0 spiro atoms. The van der Waals surface area contributed by atoms with Crippen molar-refractivity contribution in [3.05, 3.63) is 23.8 Å². The van der Waals surface area contributed by atoms with Gasteiger partial charge in [-0.2, -0.15) is 0 Å². The van der Waals surface area contributed by atoms with Crippen molar-refractivity contribution >= 4 is 23.4 Å². The largest absolute Gasteiger partial charge is 0.490 e. The van der Waals surface area contributed by atoms with E-state index in [0.717, 1.165) is 12.8 Å². The van der Waals surface area contributed by atoms with Crippen molar-refractivity contribution in [3.63, 3.8) is 0 Å². The molecule has 8 heteroatoms. The van der Waals surface area contributed by atoms with E-state index in [1.165, 1.54) is 0 Å². The van der Waals surface area contributed by atoms with Gasteiger partial charge in [0.2, 0.25) is 11.8 Å². The van der Waals surface area contributed by atoms with Gasteiger partial charge in [0.05, 0.1) is 24.1 Å². The van der Waals surface area contributed by atoms with Crippen LogP contribution in [0.25, 0.3) is 0 Å². The minimum Gasteiger partial charge on any atom is -0.490 e. The maximum absolute atomic E-state index is 13.1. The molecule has 3 rings (SSSR count). The fourth-order valence-electron chi connectivity index (χ4n) is 3.90. The van der Waals surface area contributed by atoms with Crippen molar-refractivity contribution in [3.8, 4) is 5.75 Å². The average Bonchev–Trinajstić information content (AvgIpc) is 2.75. The molecular weight excluding hydrogens is 386 g/mol. The van der Waals surface area contributed by atoms with Gasteiger partial charge in [0.25, 0.3) is 5.91 Å². The summed E-state index contributed by atoms with van der Waals surface area (Å²) in [7, 11) is 1.77. The third-order valence-corrected chi connectivity index (χ3v) is 5.60. The van der Waals surface area contributed by atoms with E-state index < -0.39 is 0 Å². The van der Waals surface area contributed by atoms with E-state index in [9.17, 15) is 14.4 Å². The number of benzene rings is 1. The Balaban J connectivity index is 1.72. The summed E-state index contributed by atoms with van der Waals surface area (Å²) in [5, 5.41) is 5.66. The lowest BCUT2D eigenvalue weighted by Crippen LogP contribution is -2.54. The highest BCUT2D eigenvalue weighted by atomic mass is 16.5. The molecule has 3 amide bonds. The molecule has 30 heavy (non-hydrogen) atoms. The van der Waals surface area contributed by atoms with Gasteiger partial charge in [-0.05, 0) is 37.5 Å². The summed E-state index contributed by atoms with van der Waals surface area (Å²) in [5.74, 6) is 0.169. The van der Waals surface area contributed by atoms with E-state index >= 15 is 0 Å². The molecular formula is C22H31N3O5. The fourth-order valence-corrected chi connectivity index (χ4v) is 3.90. The van der Waals surface area contributed by atoms with Gasteiger partial charge in [0, 0.05) is 25.7 Å². The Kier molecular flexibility index (Phi) is 7.31. The quantitative estimate of drug-likeness (QED) is 0.741. The van der Waals surface area contributed by atoms with Crippen molar-refractivity contribution in [1.82, 2.24) is 10.2 Å². The van der Waals surface area contributed by atoms with Gasteiger partial charge in [-0.25, -0.2) is 0 Å². The molecule has 2 heterocycles. The van der Waals surface area contributed by atoms with Gasteiger partial charge in [-0.1, -0.05) is 13.8 Å². The monoisotopic (exact) mass is 417 g/mol. The van der Waals surface area contributed by atoms with Crippen LogP contribution in [0.2, 0.25) is 0 Å². The highest BCUT2D eigenvalue weighted by Gasteiger charge is 2.39. The normalized spacial score (nSPS) is 23.4. The zero-order valence-electron chi connectivity index (χ0n) is 17.9. The molecule has 1 saturated heterocycles. The first-order valence-electron chi connectivity index (χ1n) is 10.7. The van der Waals surface area contributed by atoms with E-state index in [0.29, 0.717) is 49.4 Å². The Labute approximate surface area is 177 Å². The number of anilines is 1. The summed E-state index contributed by atoms with van der Waals surface area (Å²) in [5.41, 5.74) is 0.993. The van der Waals surface area contributed by atoms with Crippen LogP contribution in [0.15, 0.2) is 18.2 Å². The Morgan fingerprint density at radius 2 is 2.00 bits per heavy atom. The maximum atomic E-state index is 13.1. The van der Waals surface area contributed by atoms with Crippen LogP contribution in [-0.4, -0.2) is 61.1 Å². The smallest absolute Gasteiger partial charge is 0.257 e. The Morgan fingerprint density at radius 1 is 1.20 bits per heavy atom. The molecule has 3 atom stereocenters. The summed E-state index contributed by atoms with van der Waals surface area (Å²) < 4.78 is 12.1. The van der Waals surface area contributed by atoms with Crippen LogP contribution in [0.4, 0.5) is 5.69 Å². The second-order valence-corrected chi connectivity index (χ2v) is 7.84. The van der Waals surface area contributed by atoms with Gasteiger partial charge in [0.15, 0.2) is 0 Å². The molecule has 2 aliphatic rings. The number of hydrogen-bond acceptors (Lipinski definition) is 5. The lowest BCUT2D eigenvalue weighted by atomic mass is 9.94. The van der Waals surface area contributed by atoms with Crippen LogP contribution in [0, 0.1) is 0 Å². The predicted molar refractivity (Wildman–Crippen MR) is 113 cm³/mol. The predicted octanol–water partition coefficient (Wildman–Crippen LogP) is 2.33. The summed E-state index contributed by atoms with van der Waals surface area (Å²) >= 11 is 0. The number of likely N-dealkylation sites (N-methyl/N-ethyl adjacent to an activating group) is 1. The number of fused-ring (bicyclic) bond motifs is 2. The van der Waals surface area contributed by atoms with E-state index in [1.807, 2.05) is 6.92 Å². The SMILES string of the molecule is CCCNC(=O)C[C@@H]1CC[C@H]2[C@@H](COc3ccc(NC(=O)CC)cc3C(=O)N2C)O1. The van der Waals surface area contributed by atoms with E-state index in [1.54, 1.807) is 37.1 Å². The van der Waals surface area contributed by atoms with Gasteiger partial charge in [-0.15, -0.1) is 0 Å². The van der Waals surface area contributed by atoms with E-state index in [4.69, 9.17) is 9.47 Å². The van der Waals surface area contributed by atoms with Crippen molar-refractivity contribution < 1.29 is 23.9 Å². The number of rotatable bonds is 6. The third-order valence-electron chi connectivity index (χ3n) is 5.60. The summed E-state index contributed by atoms with van der Waals surface area (Å²) in [6.07, 6.45) is 2.54. The zero-order chi connectivity index (χ0) is 21.7. The number of carbonyl (C=O) groups excluding carboxylic acids is 3. The lowest BCUT2D eigenvalue weighted by Gasteiger charge is -2.42. The second kappa shape index (κ2) is 9.93. The first-order valence-corrected chi connectivity index (χ1v) is 10.7. The molecule has 1 fully saturated rings. The molecule has 0 aliphatic carbocycles. The Bertz CT molecular complexity index is 797. The molecule has 0 aromatic heterocycles. The second-order valence-electron chi connectivity index (χ2n) is 7.84. The number of nitrogens with zero attached hydrogens (tertiary/aromatic N) is 1. The topological polar surface area (TPSA) is 97.0 Å². The van der Waals surface area contributed by atoms with E-state index in [2.05, 4.69) is 10.6 Å². The number of hydrogen-bond donors (Lipinski definition) is 2. The number of ether oxygens (including phenoxy) is 2. The van der Waals surface area contributed by atoms with Crippen LogP contribution in [0.1, 0.15) is 56.3 Å². The fraction of sp³-hybridized carbons (Fsp3) is 0.591. The molecule has 2 N–H and O–H groups in total. The first-order chi connectivity index (χ1) is 14.4. The summed E-state index contributed by atoms with van der Waals surface area (Å²) in [6.45, 7) is 4.74. The molecule has 1 aromatic rings. The highest BCUT2D eigenvalue weighted by molar-refractivity contribution is 5.99. The lowest BCUT2D eigenvalue weighted by molar-refractivity contribution is -0.134. The molecule has 0 radical (unpaired) electrons. The molecule has 0 unspecified atom stereocenters. The minimum absolute atomic E-state index is 0.0107. The standard InChI is InChI=1S/C22H31N3O5/c1-4-10-23-21(27)12-15-7-8-17-19(30-15)13-29-18-9-6-14(24-20(26)5-2)11-16(18)22(28)25(17)3/h6,9,11,15,17,19H,4-5,7-8,10,12-13H2,1-3H3,(H,23,27)(H,24,26)/t15-,17-,19+/m0/s1. The third kappa shape index (κ3) is 5.11. The molecule has 2 aliphatic heterocycles. The van der Waals surface area contributed by atoms with Crippen LogP contribution in [0.3, 0.4) is 0 Å². The van der Waals surface area contributed by atoms with Crippen LogP contribution < -0.4 is 15.4 Å². The molecule has 8 nitrogen and oxygen atoms in total. The summed E-state index contributed by atoms with van der Waals surface area (Å²) in [6, 6.07) is 4.95. The molecule has 1 aromatic carbocycles. The summed E-state index contributed by atoms with van der Waals surface area (Å²) in [4.78, 5) is 38.6. The minimum atomic E-state index is -0.302. The number of nitrogens with one attached hydrogen (secondary N) is 2. The van der Waals surface area contributed by atoms with Crippen molar-refractivity contribution in [2.24, 2.45) is 0 Å². The molecule has 0 bridgehead atoms. The zero-order valence-corrected chi connectivity index (χ0v) is 17.9. The van der Waals surface area contributed by atoms with Crippen LogP contribution >= 0.6 is 0 Å². The first kappa shape index (κ1) is 22.1. The van der Waals surface area contributed by atoms with Crippen LogP contribution in [0.5, 0.6) is 5.75 Å². The number of carbonyl (C=O) groups is 3. The van der Waals surface area contributed by atoms with Gasteiger partial charge >= 0.3 is 0 Å². The van der Waals surface area contributed by atoms with E-state index in [-0.39, 0.29) is 36.0 Å². The van der Waals surface area contributed by atoms with Crippen molar-refractivity contribution in [2.45, 2.75) is 64.2 Å². The average molecular weight is 418 g/mol. The highest BCUT2D eigenvalue weighted by Crippen LogP contribution is 2.32. The Hall–Kier alpha value is -2.61. The van der Waals surface area contributed by atoms with Gasteiger partial charge < -0.3 is 25.0 Å². The Morgan fingerprint density at radius 3 is 2.73 bits per heavy atom. The van der Waals surface area contributed by atoms with Gasteiger partial charge in [0.1, 0.15) is 18.5 Å². The molecule has 164 valence electrons. The molecule has 0 saturated carbocycles. The van der Waals surface area contributed by atoms with Crippen molar-refractivity contribution in [1.29, 1.82) is 0 Å². The number of amides is 3.